The number of rotatable bonds is 4. The van der Waals surface area contributed by atoms with Gasteiger partial charge in [-0.1, -0.05) is 24.6 Å². The van der Waals surface area contributed by atoms with Gasteiger partial charge in [0.05, 0.1) is 12.1 Å². The first-order valence-corrected chi connectivity index (χ1v) is 6.10. The van der Waals surface area contributed by atoms with Gasteiger partial charge >= 0.3 is 0 Å². The Morgan fingerprint density at radius 2 is 2.12 bits per heavy atom. The van der Waals surface area contributed by atoms with E-state index in [9.17, 15) is 0 Å². The molecule has 0 aliphatic heterocycles. The summed E-state index contributed by atoms with van der Waals surface area (Å²) in [5.74, 6) is 0.788. The average Bonchev–Trinajstić information content (AvgIpc) is 2.95. The van der Waals surface area contributed by atoms with Gasteiger partial charge in [-0.3, -0.25) is 0 Å². The van der Waals surface area contributed by atoms with E-state index in [1.54, 1.807) is 7.11 Å². The van der Waals surface area contributed by atoms with Crippen molar-refractivity contribution in [2.24, 2.45) is 5.73 Å². The van der Waals surface area contributed by atoms with Crippen molar-refractivity contribution in [2.45, 2.75) is 38.1 Å². The monoisotopic (exact) mass is 239 g/mol. The van der Waals surface area contributed by atoms with E-state index in [0.717, 1.165) is 37.0 Å². The van der Waals surface area contributed by atoms with Crippen LogP contribution in [0.25, 0.3) is 0 Å². The summed E-state index contributed by atoms with van der Waals surface area (Å²) < 4.78 is 5.36. The lowest BCUT2D eigenvalue weighted by atomic mass is 10.0. The Kier molecular flexibility index (Phi) is 3.13. The molecular weight excluding hydrogens is 222 g/mol. The number of hydrogen-bond acceptors (Lipinski definition) is 2. The number of hydrogen-bond donors (Lipinski definition) is 1. The van der Waals surface area contributed by atoms with Crippen LogP contribution >= 0.6 is 11.6 Å². The third-order valence-corrected chi connectivity index (χ3v) is 3.51. The van der Waals surface area contributed by atoms with Crippen LogP contribution in [-0.2, 0) is 12.8 Å². The van der Waals surface area contributed by atoms with E-state index in [1.807, 2.05) is 6.07 Å². The summed E-state index contributed by atoms with van der Waals surface area (Å²) in [6.07, 6.45) is 4.05. The third kappa shape index (κ3) is 2.33. The van der Waals surface area contributed by atoms with E-state index in [0.29, 0.717) is 5.02 Å². The quantitative estimate of drug-likeness (QED) is 0.877. The fourth-order valence-corrected chi connectivity index (χ4v) is 2.33. The maximum Gasteiger partial charge on any atom is 0.140 e. The second-order valence-corrected chi connectivity index (χ2v) is 5.07. The Balaban J connectivity index is 2.35. The molecule has 0 aromatic heterocycles. The Labute approximate surface area is 102 Å². The highest BCUT2D eigenvalue weighted by Gasteiger charge is 2.38. The van der Waals surface area contributed by atoms with Crippen LogP contribution in [0.15, 0.2) is 12.1 Å². The summed E-state index contributed by atoms with van der Waals surface area (Å²) in [6.45, 7) is 2.12. The molecule has 0 bridgehead atoms. The van der Waals surface area contributed by atoms with Crippen LogP contribution in [0.5, 0.6) is 5.75 Å². The molecule has 1 saturated carbocycles. The summed E-state index contributed by atoms with van der Waals surface area (Å²) in [5, 5.41) is 0.695. The van der Waals surface area contributed by atoms with Gasteiger partial charge < -0.3 is 10.5 Å². The molecule has 1 aromatic rings. The van der Waals surface area contributed by atoms with Crippen molar-refractivity contribution in [2.75, 3.05) is 7.11 Å². The van der Waals surface area contributed by atoms with Crippen LogP contribution in [0.3, 0.4) is 0 Å². The topological polar surface area (TPSA) is 35.2 Å². The maximum absolute atomic E-state index is 6.20. The molecule has 2 N–H and O–H groups in total. The SMILES string of the molecule is CCc1cc(Cl)c(OC)c(CC2(N)CC2)c1. The molecule has 0 atom stereocenters. The second kappa shape index (κ2) is 4.27. The normalized spacial score (nSPS) is 17.2. The summed E-state index contributed by atoms with van der Waals surface area (Å²) in [5.41, 5.74) is 8.52. The summed E-state index contributed by atoms with van der Waals surface area (Å²) in [4.78, 5) is 0. The minimum Gasteiger partial charge on any atom is -0.495 e. The highest BCUT2D eigenvalue weighted by atomic mass is 35.5. The van der Waals surface area contributed by atoms with Gasteiger partial charge in [0.1, 0.15) is 5.75 Å². The van der Waals surface area contributed by atoms with Crippen molar-refractivity contribution in [1.82, 2.24) is 0 Å². The molecule has 88 valence electrons. The lowest BCUT2D eigenvalue weighted by Gasteiger charge is -2.15. The Bertz CT molecular complexity index is 399. The van der Waals surface area contributed by atoms with Gasteiger partial charge in [0, 0.05) is 5.54 Å². The van der Waals surface area contributed by atoms with E-state index in [2.05, 4.69) is 13.0 Å². The average molecular weight is 240 g/mol. The summed E-state index contributed by atoms with van der Waals surface area (Å²) in [6, 6.07) is 4.14. The van der Waals surface area contributed by atoms with Crippen LogP contribution in [0.2, 0.25) is 5.02 Å². The number of benzene rings is 1. The van der Waals surface area contributed by atoms with Crippen LogP contribution in [0, 0.1) is 0 Å². The molecule has 1 aliphatic rings. The molecule has 0 spiro atoms. The smallest absolute Gasteiger partial charge is 0.140 e. The molecule has 2 nitrogen and oxygen atoms in total. The molecule has 3 heteroatoms. The van der Waals surface area contributed by atoms with Gasteiger partial charge in [-0.2, -0.15) is 0 Å². The molecule has 1 fully saturated rings. The predicted octanol–water partition coefficient (Wildman–Crippen LogP) is 2.94. The van der Waals surface area contributed by atoms with Crippen molar-refractivity contribution in [3.63, 3.8) is 0 Å². The van der Waals surface area contributed by atoms with Crippen molar-refractivity contribution >= 4 is 11.6 Å². The van der Waals surface area contributed by atoms with E-state index in [1.165, 1.54) is 5.56 Å². The van der Waals surface area contributed by atoms with Crippen molar-refractivity contribution in [3.05, 3.63) is 28.3 Å². The zero-order valence-electron chi connectivity index (χ0n) is 9.85. The third-order valence-electron chi connectivity index (χ3n) is 3.23. The van der Waals surface area contributed by atoms with Crippen LogP contribution in [0.4, 0.5) is 0 Å². The lowest BCUT2D eigenvalue weighted by Crippen LogP contribution is -2.24. The first kappa shape index (κ1) is 11.7. The van der Waals surface area contributed by atoms with E-state index < -0.39 is 0 Å². The zero-order valence-corrected chi connectivity index (χ0v) is 10.6. The number of nitrogens with two attached hydrogens (primary N) is 1. The minimum atomic E-state index is -0.0109. The van der Waals surface area contributed by atoms with E-state index in [-0.39, 0.29) is 5.54 Å². The minimum absolute atomic E-state index is 0.0109. The van der Waals surface area contributed by atoms with Crippen molar-refractivity contribution in [3.8, 4) is 5.75 Å². The standard InChI is InChI=1S/C13H18ClNO/c1-3-9-6-10(8-13(15)4-5-13)12(16-2)11(14)7-9/h6-7H,3-5,8,15H2,1-2H3. The van der Waals surface area contributed by atoms with Crippen LogP contribution in [-0.4, -0.2) is 12.6 Å². The number of halogens is 1. The summed E-state index contributed by atoms with van der Waals surface area (Å²) >= 11 is 6.20. The Morgan fingerprint density at radius 3 is 2.62 bits per heavy atom. The zero-order chi connectivity index (χ0) is 11.8. The Hall–Kier alpha value is -0.730. The first-order chi connectivity index (χ1) is 7.58. The molecule has 0 saturated heterocycles. The van der Waals surface area contributed by atoms with Gasteiger partial charge in [-0.15, -0.1) is 0 Å². The van der Waals surface area contributed by atoms with Crippen LogP contribution in [0.1, 0.15) is 30.9 Å². The van der Waals surface area contributed by atoms with Gasteiger partial charge in [0.2, 0.25) is 0 Å². The maximum atomic E-state index is 6.20. The fourth-order valence-electron chi connectivity index (χ4n) is 1.99. The van der Waals surface area contributed by atoms with Crippen LogP contribution < -0.4 is 10.5 Å². The second-order valence-electron chi connectivity index (χ2n) is 4.66. The lowest BCUT2D eigenvalue weighted by molar-refractivity contribution is 0.407. The molecule has 0 heterocycles. The molecule has 16 heavy (non-hydrogen) atoms. The highest BCUT2D eigenvalue weighted by molar-refractivity contribution is 6.32. The van der Waals surface area contributed by atoms with Gasteiger partial charge in [-0.05, 0) is 42.9 Å². The molecule has 2 rings (SSSR count). The van der Waals surface area contributed by atoms with Crippen molar-refractivity contribution < 1.29 is 4.74 Å². The highest BCUT2D eigenvalue weighted by Crippen LogP contribution is 2.40. The summed E-state index contributed by atoms with van der Waals surface area (Å²) in [7, 11) is 1.66. The predicted molar refractivity (Wildman–Crippen MR) is 67.2 cm³/mol. The molecule has 1 aliphatic carbocycles. The van der Waals surface area contributed by atoms with Gasteiger partial charge in [0.15, 0.2) is 0 Å². The van der Waals surface area contributed by atoms with E-state index in [4.69, 9.17) is 22.1 Å². The number of ether oxygens (including phenoxy) is 1. The fraction of sp³-hybridized carbons (Fsp3) is 0.538. The molecule has 0 unspecified atom stereocenters. The first-order valence-electron chi connectivity index (χ1n) is 5.72. The molecule has 0 amide bonds. The van der Waals surface area contributed by atoms with Gasteiger partial charge in [0.25, 0.3) is 0 Å². The van der Waals surface area contributed by atoms with Crippen molar-refractivity contribution in [1.29, 1.82) is 0 Å². The molecular formula is C13H18ClNO. The number of aryl methyl sites for hydroxylation is 1. The van der Waals surface area contributed by atoms with Gasteiger partial charge in [-0.25, -0.2) is 0 Å². The molecule has 0 radical (unpaired) electrons. The Morgan fingerprint density at radius 1 is 1.44 bits per heavy atom. The van der Waals surface area contributed by atoms with E-state index >= 15 is 0 Å². The largest absolute Gasteiger partial charge is 0.495 e. The number of methoxy groups -OCH3 is 1. The molecule has 1 aromatic carbocycles.